The van der Waals surface area contributed by atoms with Gasteiger partial charge in [-0.15, -0.1) is 0 Å². The van der Waals surface area contributed by atoms with Crippen molar-refractivity contribution in [2.45, 2.75) is 13.3 Å². The number of rotatable bonds is 6. The van der Waals surface area contributed by atoms with Crippen LogP contribution in [0.2, 0.25) is 0 Å². The number of nitrogens with one attached hydrogen (secondary N) is 1. The summed E-state index contributed by atoms with van der Waals surface area (Å²) in [5.74, 6) is 0.739. The second-order valence-electron chi connectivity index (χ2n) is 7.62. The van der Waals surface area contributed by atoms with Crippen LogP contribution in [0.15, 0.2) is 52.9 Å². The van der Waals surface area contributed by atoms with Crippen LogP contribution in [0.25, 0.3) is 11.0 Å². The van der Waals surface area contributed by atoms with E-state index >= 15 is 0 Å². The van der Waals surface area contributed by atoms with Crippen LogP contribution >= 0.6 is 0 Å². The van der Waals surface area contributed by atoms with E-state index in [0.717, 1.165) is 23.1 Å². The summed E-state index contributed by atoms with van der Waals surface area (Å²) < 4.78 is 11.1. The number of para-hydroxylation sites is 2. The van der Waals surface area contributed by atoms with Crippen LogP contribution < -0.4 is 10.1 Å². The molecule has 2 amide bonds. The van der Waals surface area contributed by atoms with Crippen LogP contribution in [0.3, 0.4) is 0 Å². The number of nitrogens with zero attached hydrogens (tertiary/aromatic N) is 2. The molecule has 2 heterocycles. The van der Waals surface area contributed by atoms with E-state index in [1.54, 1.807) is 18.1 Å². The summed E-state index contributed by atoms with van der Waals surface area (Å²) in [6.45, 7) is 4.75. The Morgan fingerprint density at radius 3 is 2.58 bits per heavy atom. The van der Waals surface area contributed by atoms with Crippen LogP contribution in [0, 0.1) is 0 Å². The molecule has 1 aliphatic heterocycles. The predicted octanol–water partition coefficient (Wildman–Crippen LogP) is 3.40. The lowest BCUT2D eigenvalue weighted by Gasteiger charge is -2.33. The minimum Gasteiger partial charge on any atom is -0.493 e. The number of carbonyl (C=O) groups is 2. The van der Waals surface area contributed by atoms with Gasteiger partial charge in [0.1, 0.15) is 0 Å². The molecule has 1 aromatic heterocycles. The molecule has 2 aromatic carbocycles. The highest BCUT2D eigenvalue weighted by atomic mass is 16.5. The van der Waals surface area contributed by atoms with E-state index in [-0.39, 0.29) is 11.8 Å². The average molecular weight is 421 g/mol. The first-order chi connectivity index (χ1) is 15.1. The van der Waals surface area contributed by atoms with Gasteiger partial charge >= 0.3 is 0 Å². The second kappa shape index (κ2) is 9.22. The number of anilines is 1. The van der Waals surface area contributed by atoms with Crippen molar-refractivity contribution in [3.63, 3.8) is 0 Å². The SMILES string of the molecule is CCc1ccccc1NC(=O)CN1CCN(C(=O)c2cc3cccc(OC)c3o2)CC1. The molecule has 162 valence electrons. The number of furan rings is 1. The van der Waals surface area contributed by atoms with Crippen molar-refractivity contribution in [1.29, 1.82) is 0 Å². The average Bonchev–Trinajstić information content (AvgIpc) is 3.24. The maximum absolute atomic E-state index is 12.9. The minimum absolute atomic E-state index is 0.0370. The zero-order valence-corrected chi connectivity index (χ0v) is 17.9. The number of hydrogen-bond donors (Lipinski definition) is 1. The number of piperazine rings is 1. The molecule has 0 aliphatic carbocycles. The Morgan fingerprint density at radius 2 is 1.84 bits per heavy atom. The van der Waals surface area contributed by atoms with Crippen LogP contribution in [0.4, 0.5) is 5.69 Å². The smallest absolute Gasteiger partial charge is 0.289 e. The molecule has 7 nitrogen and oxygen atoms in total. The van der Waals surface area contributed by atoms with Crippen LogP contribution in [-0.2, 0) is 11.2 Å². The summed E-state index contributed by atoms with van der Waals surface area (Å²) in [6.07, 6.45) is 0.866. The third-order valence-electron chi connectivity index (χ3n) is 5.64. The van der Waals surface area contributed by atoms with E-state index in [4.69, 9.17) is 9.15 Å². The molecule has 1 N–H and O–H groups in total. The van der Waals surface area contributed by atoms with E-state index in [1.165, 1.54) is 0 Å². The lowest BCUT2D eigenvalue weighted by molar-refractivity contribution is -0.117. The van der Waals surface area contributed by atoms with Gasteiger partial charge in [-0.1, -0.05) is 37.3 Å². The molecule has 4 rings (SSSR count). The molecular weight excluding hydrogens is 394 g/mol. The molecule has 0 saturated carbocycles. The molecule has 0 bridgehead atoms. The zero-order valence-electron chi connectivity index (χ0n) is 17.9. The van der Waals surface area contributed by atoms with E-state index in [1.807, 2.05) is 42.5 Å². The summed E-state index contributed by atoms with van der Waals surface area (Å²) >= 11 is 0. The van der Waals surface area contributed by atoms with Gasteiger partial charge in [-0.05, 0) is 30.2 Å². The van der Waals surface area contributed by atoms with Crippen molar-refractivity contribution >= 4 is 28.5 Å². The monoisotopic (exact) mass is 421 g/mol. The van der Waals surface area contributed by atoms with Crippen molar-refractivity contribution in [3.05, 3.63) is 59.9 Å². The Labute approximate surface area is 181 Å². The van der Waals surface area contributed by atoms with E-state index < -0.39 is 0 Å². The lowest BCUT2D eigenvalue weighted by Crippen LogP contribution is -2.50. The second-order valence-corrected chi connectivity index (χ2v) is 7.62. The largest absolute Gasteiger partial charge is 0.493 e. The van der Waals surface area contributed by atoms with Gasteiger partial charge in [0.2, 0.25) is 5.91 Å². The number of amides is 2. The Kier molecular flexibility index (Phi) is 6.23. The standard InChI is InChI=1S/C24H27N3O4/c1-3-17-7-4-5-9-19(17)25-22(28)16-26-11-13-27(14-12-26)24(29)21-15-18-8-6-10-20(30-2)23(18)31-21/h4-10,15H,3,11-14,16H2,1-2H3,(H,25,28). The summed E-state index contributed by atoms with van der Waals surface area (Å²) in [5, 5.41) is 3.84. The van der Waals surface area contributed by atoms with Crippen molar-refractivity contribution in [3.8, 4) is 5.75 Å². The third kappa shape index (κ3) is 4.56. The highest BCUT2D eigenvalue weighted by Gasteiger charge is 2.26. The van der Waals surface area contributed by atoms with Crippen LogP contribution in [-0.4, -0.2) is 61.4 Å². The van der Waals surface area contributed by atoms with Crippen LogP contribution in [0.1, 0.15) is 23.0 Å². The van der Waals surface area contributed by atoms with Gasteiger partial charge in [0.25, 0.3) is 5.91 Å². The highest BCUT2D eigenvalue weighted by Crippen LogP contribution is 2.29. The molecule has 31 heavy (non-hydrogen) atoms. The fraction of sp³-hybridized carbons (Fsp3) is 0.333. The van der Waals surface area contributed by atoms with Crippen molar-refractivity contribution in [1.82, 2.24) is 9.80 Å². The van der Waals surface area contributed by atoms with Crippen LogP contribution in [0.5, 0.6) is 5.75 Å². The quantitative estimate of drug-likeness (QED) is 0.660. The van der Waals surface area contributed by atoms with Gasteiger partial charge in [-0.25, -0.2) is 0 Å². The molecule has 7 heteroatoms. The minimum atomic E-state index is -0.140. The molecule has 0 atom stereocenters. The number of carbonyl (C=O) groups excluding carboxylic acids is 2. The van der Waals surface area contributed by atoms with Crippen molar-refractivity contribution < 1.29 is 18.7 Å². The van der Waals surface area contributed by atoms with Gasteiger partial charge < -0.3 is 19.4 Å². The van der Waals surface area contributed by atoms with Crippen molar-refractivity contribution in [2.24, 2.45) is 0 Å². The Balaban J connectivity index is 1.33. The van der Waals surface area contributed by atoms with E-state index in [9.17, 15) is 9.59 Å². The van der Waals surface area contributed by atoms with E-state index in [2.05, 4.69) is 17.1 Å². The van der Waals surface area contributed by atoms with Crippen molar-refractivity contribution in [2.75, 3.05) is 45.2 Å². The molecule has 0 spiro atoms. The molecule has 0 radical (unpaired) electrons. The Morgan fingerprint density at radius 1 is 1.06 bits per heavy atom. The molecule has 1 aliphatic rings. The molecule has 3 aromatic rings. The molecular formula is C24H27N3O4. The van der Waals surface area contributed by atoms with Gasteiger partial charge in [0.15, 0.2) is 17.1 Å². The number of fused-ring (bicyclic) bond motifs is 1. The van der Waals surface area contributed by atoms with Gasteiger partial charge in [0, 0.05) is 37.3 Å². The van der Waals surface area contributed by atoms with Gasteiger partial charge in [-0.2, -0.15) is 0 Å². The van der Waals surface area contributed by atoms with Gasteiger partial charge in [-0.3, -0.25) is 14.5 Å². The fourth-order valence-corrected chi connectivity index (χ4v) is 3.91. The summed E-state index contributed by atoms with van der Waals surface area (Å²) in [4.78, 5) is 29.2. The van der Waals surface area contributed by atoms with Gasteiger partial charge in [0.05, 0.1) is 13.7 Å². The Hall–Kier alpha value is -3.32. The summed E-state index contributed by atoms with van der Waals surface area (Å²) in [7, 11) is 1.58. The summed E-state index contributed by atoms with van der Waals surface area (Å²) in [5.41, 5.74) is 2.56. The number of methoxy groups -OCH3 is 1. The number of hydrogen-bond acceptors (Lipinski definition) is 5. The fourth-order valence-electron chi connectivity index (χ4n) is 3.91. The molecule has 0 unspecified atom stereocenters. The maximum Gasteiger partial charge on any atom is 0.289 e. The number of aryl methyl sites for hydroxylation is 1. The highest BCUT2D eigenvalue weighted by molar-refractivity contribution is 5.97. The molecule has 1 fully saturated rings. The predicted molar refractivity (Wildman–Crippen MR) is 120 cm³/mol. The maximum atomic E-state index is 12.9. The lowest BCUT2D eigenvalue weighted by atomic mass is 10.1. The zero-order chi connectivity index (χ0) is 21.8. The first-order valence-corrected chi connectivity index (χ1v) is 10.5. The number of ether oxygens (including phenoxy) is 1. The first-order valence-electron chi connectivity index (χ1n) is 10.5. The van der Waals surface area contributed by atoms with E-state index in [0.29, 0.717) is 49.8 Å². The topological polar surface area (TPSA) is 75.0 Å². The normalized spacial score (nSPS) is 14.6. The first kappa shape index (κ1) is 20.9. The Bertz CT molecular complexity index is 1080. The summed E-state index contributed by atoms with van der Waals surface area (Å²) in [6, 6.07) is 15.2. The number of benzene rings is 2. The third-order valence-corrected chi connectivity index (χ3v) is 5.64. The molecule has 1 saturated heterocycles.